The lowest BCUT2D eigenvalue weighted by Gasteiger charge is -2.25. The second-order valence-corrected chi connectivity index (χ2v) is 10.1. The van der Waals surface area contributed by atoms with Crippen molar-refractivity contribution in [2.45, 2.75) is 30.4 Å². The fraction of sp³-hybridized carbons (Fsp3) is 0.435. The van der Waals surface area contributed by atoms with Crippen molar-refractivity contribution in [2.75, 3.05) is 32.1 Å². The number of carbonyl (C=O) groups excluding carboxylic acids is 1. The van der Waals surface area contributed by atoms with Gasteiger partial charge >= 0.3 is 0 Å². The van der Waals surface area contributed by atoms with E-state index in [0.29, 0.717) is 11.1 Å². The van der Waals surface area contributed by atoms with Crippen LogP contribution in [0.5, 0.6) is 0 Å². The minimum absolute atomic E-state index is 0.00692. The monoisotopic (exact) mass is 414 g/mol. The number of thioether (sulfide) groups is 2. The zero-order valence-electron chi connectivity index (χ0n) is 17.0. The standard InChI is InChI=1S/C23H30N2OS2/c1-4-17-6-8-18(9-7-17)21(25(2)3)16-24-22(26)19-10-12-20(13-11-19)23-27-14-5-15-28-23/h6-13,21,23H,4-5,14-16H2,1-3H3,(H,24,26). The van der Waals surface area contributed by atoms with Gasteiger partial charge < -0.3 is 10.2 Å². The molecule has 3 nitrogen and oxygen atoms in total. The van der Waals surface area contributed by atoms with Crippen LogP contribution in [-0.4, -0.2) is 43.0 Å². The van der Waals surface area contributed by atoms with E-state index in [9.17, 15) is 4.79 Å². The van der Waals surface area contributed by atoms with Crippen molar-refractivity contribution in [3.05, 3.63) is 70.8 Å². The fourth-order valence-corrected chi connectivity index (χ4v) is 6.23. The molecular weight excluding hydrogens is 384 g/mol. The van der Waals surface area contributed by atoms with Crippen LogP contribution in [0.15, 0.2) is 48.5 Å². The molecule has 3 rings (SSSR count). The van der Waals surface area contributed by atoms with E-state index in [4.69, 9.17) is 0 Å². The molecule has 1 heterocycles. The Balaban J connectivity index is 1.60. The van der Waals surface area contributed by atoms with Gasteiger partial charge in [0.1, 0.15) is 0 Å². The first-order valence-electron chi connectivity index (χ1n) is 9.95. The van der Waals surface area contributed by atoms with E-state index in [1.165, 1.54) is 34.6 Å². The average molecular weight is 415 g/mol. The van der Waals surface area contributed by atoms with Gasteiger partial charge in [0, 0.05) is 12.1 Å². The summed E-state index contributed by atoms with van der Waals surface area (Å²) in [6.45, 7) is 2.75. The Bertz CT molecular complexity index is 753. The molecular formula is C23H30N2OS2. The summed E-state index contributed by atoms with van der Waals surface area (Å²) in [4.78, 5) is 14.8. The second kappa shape index (κ2) is 10.4. The van der Waals surface area contributed by atoms with E-state index in [1.54, 1.807) is 0 Å². The van der Waals surface area contributed by atoms with Gasteiger partial charge in [0.2, 0.25) is 0 Å². The van der Waals surface area contributed by atoms with E-state index in [1.807, 2.05) is 35.7 Å². The summed E-state index contributed by atoms with van der Waals surface area (Å²) in [7, 11) is 4.11. The maximum atomic E-state index is 12.7. The van der Waals surface area contributed by atoms with Crippen LogP contribution in [0.1, 0.15) is 51.0 Å². The molecule has 1 saturated heterocycles. The van der Waals surface area contributed by atoms with Crippen molar-refractivity contribution in [1.29, 1.82) is 0 Å². The predicted molar refractivity (Wildman–Crippen MR) is 123 cm³/mol. The normalized spacial score (nSPS) is 16.1. The molecule has 150 valence electrons. The zero-order valence-corrected chi connectivity index (χ0v) is 18.6. The number of amides is 1. The Kier molecular flexibility index (Phi) is 7.89. The molecule has 1 fully saturated rings. The molecule has 0 aliphatic carbocycles. The number of nitrogens with zero attached hydrogens (tertiary/aromatic N) is 1. The van der Waals surface area contributed by atoms with Crippen molar-refractivity contribution in [3.8, 4) is 0 Å². The predicted octanol–water partition coefficient (Wildman–Crippen LogP) is 5.15. The summed E-state index contributed by atoms with van der Waals surface area (Å²) in [5.41, 5.74) is 4.60. The molecule has 2 aromatic rings. The molecule has 0 aromatic heterocycles. The first-order valence-corrected chi connectivity index (χ1v) is 12.0. The fourth-order valence-electron chi connectivity index (χ4n) is 3.34. The SMILES string of the molecule is CCc1ccc(C(CNC(=O)c2ccc(C3SCCCS3)cc2)N(C)C)cc1. The van der Waals surface area contributed by atoms with Crippen molar-refractivity contribution in [1.82, 2.24) is 10.2 Å². The summed E-state index contributed by atoms with van der Waals surface area (Å²) in [6, 6.07) is 17.0. The molecule has 1 atom stereocenters. The highest BCUT2D eigenvalue weighted by molar-refractivity contribution is 8.16. The summed E-state index contributed by atoms with van der Waals surface area (Å²) in [6.07, 6.45) is 2.33. The van der Waals surface area contributed by atoms with Crippen LogP contribution >= 0.6 is 23.5 Å². The van der Waals surface area contributed by atoms with Crippen LogP contribution in [0.2, 0.25) is 0 Å². The van der Waals surface area contributed by atoms with Crippen LogP contribution < -0.4 is 5.32 Å². The Hall–Kier alpha value is -1.43. The molecule has 0 radical (unpaired) electrons. The van der Waals surface area contributed by atoms with Gasteiger partial charge in [-0.2, -0.15) is 0 Å². The number of nitrogens with one attached hydrogen (secondary N) is 1. The second-order valence-electron chi connectivity index (χ2n) is 7.33. The first-order chi connectivity index (χ1) is 13.6. The Morgan fingerprint density at radius 3 is 2.29 bits per heavy atom. The van der Waals surface area contributed by atoms with Gasteiger partial charge in [0.05, 0.1) is 10.6 Å². The largest absolute Gasteiger partial charge is 0.350 e. The topological polar surface area (TPSA) is 32.3 Å². The van der Waals surface area contributed by atoms with Crippen molar-refractivity contribution < 1.29 is 4.79 Å². The van der Waals surface area contributed by atoms with Crippen molar-refractivity contribution in [2.24, 2.45) is 0 Å². The Morgan fingerprint density at radius 1 is 1.07 bits per heavy atom. The molecule has 1 aliphatic rings. The van der Waals surface area contributed by atoms with Gasteiger partial charge in [-0.15, -0.1) is 23.5 Å². The molecule has 2 aromatic carbocycles. The van der Waals surface area contributed by atoms with Crippen molar-refractivity contribution >= 4 is 29.4 Å². The highest BCUT2D eigenvalue weighted by atomic mass is 32.2. The molecule has 5 heteroatoms. The van der Waals surface area contributed by atoms with Gasteiger partial charge in [-0.3, -0.25) is 4.79 Å². The number of benzene rings is 2. The maximum Gasteiger partial charge on any atom is 0.251 e. The number of likely N-dealkylation sites (N-methyl/N-ethyl adjacent to an activating group) is 1. The maximum absolute atomic E-state index is 12.7. The summed E-state index contributed by atoms with van der Waals surface area (Å²) < 4.78 is 0.509. The number of rotatable bonds is 7. The molecule has 1 N–H and O–H groups in total. The molecule has 0 spiro atoms. The van der Waals surface area contributed by atoms with E-state index < -0.39 is 0 Å². The van der Waals surface area contributed by atoms with E-state index >= 15 is 0 Å². The van der Waals surface area contributed by atoms with E-state index in [0.717, 1.165) is 12.0 Å². The minimum Gasteiger partial charge on any atom is -0.350 e. The summed E-state index contributed by atoms with van der Waals surface area (Å²) in [5, 5.41) is 3.12. The average Bonchev–Trinajstić information content (AvgIpc) is 2.74. The van der Waals surface area contributed by atoms with Gasteiger partial charge in [-0.25, -0.2) is 0 Å². The van der Waals surface area contributed by atoms with Gasteiger partial charge in [0.15, 0.2) is 0 Å². The summed E-state index contributed by atoms with van der Waals surface area (Å²) in [5.74, 6) is 2.45. The number of carbonyl (C=O) groups is 1. The van der Waals surface area contributed by atoms with Crippen LogP contribution in [-0.2, 0) is 6.42 Å². The molecule has 1 amide bonds. The van der Waals surface area contributed by atoms with Gasteiger partial charge in [0.25, 0.3) is 5.91 Å². The first kappa shape index (κ1) is 21.3. The van der Waals surface area contributed by atoms with Crippen molar-refractivity contribution in [3.63, 3.8) is 0 Å². The third-order valence-corrected chi connectivity index (χ3v) is 8.14. The lowest BCUT2D eigenvalue weighted by molar-refractivity contribution is 0.0942. The van der Waals surface area contributed by atoms with E-state index in [2.05, 4.69) is 67.6 Å². The molecule has 0 saturated carbocycles. The van der Waals surface area contributed by atoms with E-state index in [-0.39, 0.29) is 11.9 Å². The van der Waals surface area contributed by atoms with Gasteiger partial charge in [-0.05, 0) is 67.3 Å². The highest BCUT2D eigenvalue weighted by Crippen LogP contribution is 2.43. The smallest absolute Gasteiger partial charge is 0.251 e. The third-order valence-electron chi connectivity index (χ3n) is 5.12. The molecule has 1 unspecified atom stereocenters. The van der Waals surface area contributed by atoms with Crippen LogP contribution in [0.25, 0.3) is 0 Å². The lowest BCUT2D eigenvalue weighted by atomic mass is 10.0. The minimum atomic E-state index is -0.00692. The Morgan fingerprint density at radius 2 is 1.71 bits per heavy atom. The highest BCUT2D eigenvalue weighted by Gasteiger charge is 2.18. The summed E-state index contributed by atoms with van der Waals surface area (Å²) >= 11 is 4.01. The number of hydrogen-bond donors (Lipinski definition) is 1. The molecule has 0 bridgehead atoms. The quantitative estimate of drug-likeness (QED) is 0.679. The lowest BCUT2D eigenvalue weighted by Crippen LogP contribution is -2.34. The molecule has 1 aliphatic heterocycles. The molecule has 28 heavy (non-hydrogen) atoms. The van der Waals surface area contributed by atoms with Crippen LogP contribution in [0.3, 0.4) is 0 Å². The van der Waals surface area contributed by atoms with Crippen LogP contribution in [0, 0.1) is 0 Å². The third kappa shape index (κ3) is 5.56. The zero-order chi connectivity index (χ0) is 19.9. The number of aryl methyl sites for hydroxylation is 1. The van der Waals surface area contributed by atoms with Crippen LogP contribution in [0.4, 0.5) is 0 Å². The van der Waals surface area contributed by atoms with Gasteiger partial charge in [-0.1, -0.05) is 43.3 Å². The number of hydrogen-bond acceptors (Lipinski definition) is 4. The Labute approximate surface area is 177 Å².